The molecule has 0 aromatic carbocycles. The first-order chi connectivity index (χ1) is 16.6. The lowest BCUT2D eigenvalue weighted by molar-refractivity contribution is -0.142. The summed E-state index contributed by atoms with van der Waals surface area (Å²) in [6.07, 6.45) is 2.32. The van der Waals surface area contributed by atoms with Crippen molar-refractivity contribution in [3.8, 4) is 0 Å². The van der Waals surface area contributed by atoms with Crippen LogP contribution in [0.4, 0.5) is 9.59 Å². The van der Waals surface area contributed by atoms with Gasteiger partial charge in [0, 0.05) is 19.5 Å². The maximum Gasteiger partial charge on any atom is 0.407 e. The van der Waals surface area contributed by atoms with Crippen LogP contribution in [0, 0.1) is 0 Å². The highest BCUT2D eigenvalue weighted by Crippen LogP contribution is 2.08. The highest BCUT2D eigenvalue weighted by Gasteiger charge is 2.20. The Hall–Kier alpha value is -3.05. The van der Waals surface area contributed by atoms with Gasteiger partial charge in [0.25, 0.3) is 0 Å². The maximum absolute atomic E-state index is 12.0. The molecule has 1 atom stereocenters. The number of nitrogens with one attached hydrogen (secondary N) is 4. The number of hydrogen-bond acceptors (Lipinski definition) is 7. The van der Waals surface area contributed by atoms with Gasteiger partial charge < -0.3 is 35.8 Å². The second-order valence-electron chi connectivity index (χ2n) is 10.4. The van der Waals surface area contributed by atoms with E-state index >= 15 is 0 Å². The molecule has 0 aliphatic heterocycles. The van der Waals surface area contributed by atoms with Gasteiger partial charge in [-0.25, -0.2) is 14.4 Å². The average Bonchev–Trinajstić information content (AvgIpc) is 2.70. The van der Waals surface area contributed by atoms with E-state index in [0.717, 1.165) is 0 Å². The first-order valence-corrected chi connectivity index (χ1v) is 12.3. The Bertz CT molecular complexity index is 729. The Kier molecular flexibility index (Phi) is 15.2. The van der Waals surface area contributed by atoms with Gasteiger partial charge in [0.2, 0.25) is 11.8 Å². The lowest BCUT2D eigenvalue weighted by Crippen LogP contribution is -2.45. The molecule has 0 fully saturated rings. The third-order valence-electron chi connectivity index (χ3n) is 4.42. The molecule has 0 unspecified atom stereocenters. The number of hydrogen-bond donors (Lipinski definition) is 5. The molecular formula is C24H44N4O8. The highest BCUT2D eigenvalue weighted by molar-refractivity contribution is 5.87. The molecule has 0 heterocycles. The fraction of sp³-hybridized carbons (Fsp3) is 0.792. The molecule has 0 rings (SSSR count). The Balaban J connectivity index is 4.00. The largest absolute Gasteiger partial charge is 0.480 e. The normalized spacial score (nSPS) is 12.2. The van der Waals surface area contributed by atoms with Crippen LogP contribution in [0.15, 0.2) is 0 Å². The van der Waals surface area contributed by atoms with E-state index in [-0.39, 0.29) is 25.3 Å². The molecule has 0 saturated heterocycles. The molecule has 0 aromatic heterocycles. The van der Waals surface area contributed by atoms with Crippen LogP contribution in [0.5, 0.6) is 0 Å². The Labute approximate surface area is 213 Å². The van der Waals surface area contributed by atoms with Gasteiger partial charge in [-0.3, -0.25) is 9.59 Å². The van der Waals surface area contributed by atoms with Crippen LogP contribution in [-0.2, 0) is 23.9 Å². The summed E-state index contributed by atoms with van der Waals surface area (Å²) in [6.45, 7) is 11.0. The van der Waals surface area contributed by atoms with Crippen molar-refractivity contribution >= 4 is 30.0 Å². The molecule has 12 nitrogen and oxygen atoms in total. The smallest absolute Gasteiger partial charge is 0.407 e. The van der Waals surface area contributed by atoms with E-state index in [1.165, 1.54) is 0 Å². The quantitative estimate of drug-likeness (QED) is 0.206. The van der Waals surface area contributed by atoms with E-state index in [9.17, 15) is 29.1 Å². The fourth-order valence-corrected chi connectivity index (χ4v) is 2.84. The van der Waals surface area contributed by atoms with Crippen LogP contribution in [0.1, 0.15) is 86.5 Å². The summed E-state index contributed by atoms with van der Waals surface area (Å²) in [6, 6.07) is -1.09. The van der Waals surface area contributed by atoms with Crippen molar-refractivity contribution in [1.82, 2.24) is 21.3 Å². The summed E-state index contributed by atoms with van der Waals surface area (Å²) in [5.41, 5.74) is -1.15. The van der Waals surface area contributed by atoms with Gasteiger partial charge >= 0.3 is 18.2 Å². The monoisotopic (exact) mass is 516 g/mol. The number of amides is 4. The second kappa shape index (κ2) is 16.6. The van der Waals surface area contributed by atoms with Crippen LogP contribution in [0.2, 0.25) is 0 Å². The molecule has 208 valence electrons. The molecular weight excluding hydrogens is 472 g/mol. The number of carbonyl (C=O) groups excluding carboxylic acids is 4. The van der Waals surface area contributed by atoms with Gasteiger partial charge in [-0.1, -0.05) is 6.42 Å². The van der Waals surface area contributed by atoms with E-state index in [4.69, 9.17) is 9.47 Å². The fourth-order valence-electron chi connectivity index (χ4n) is 2.84. The first kappa shape index (κ1) is 33.0. The number of carboxylic acids is 1. The number of unbranched alkanes of at least 4 members (excludes halogenated alkanes) is 3. The van der Waals surface area contributed by atoms with E-state index in [1.54, 1.807) is 41.5 Å². The zero-order valence-electron chi connectivity index (χ0n) is 22.5. The third kappa shape index (κ3) is 20.3. The van der Waals surface area contributed by atoms with Crippen molar-refractivity contribution in [2.24, 2.45) is 0 Å². The minimum Gasteiger partial charge on any atom is -0.480 e. The summed E-state index contributed by atoms with van der Waals surface area (Å²) in [5, 5.41) is 19.4. The van der Waals surface area contributed by atoms with Crippen LogP contribution in [0.3, 0.4) is 0 Å². The molecule has 5 N–H and O–H groups in total. The van der Waals surface area contributed by atoms with Gasteiger partial charge in [-0.05, 0) is 73.6 Å². The van der Waals surface area contributed by atoms with Gasteiger partial charge in [0.05, 0.1) is 6.54 Å². The number of aliphatic carboxylic acids is 1. The SMILES string of the molecule is CC(C)(C)OC(=O)NCCCCCC(=O)NCC(=O)N[C@@H](CCCCNC(=O)OC(C)(C)C)C(=O)O. The standard InChI is InChI=1S/C24H44N4O8/c1-23(2,3)35-21(33)25-14-10-7-8-13-18(29)27-16-19(30)28-17(20(31)32)12-9-11-15-26-22(34)36-24(4,5)6/h17H,7-16H2,1-6H3,(H,25,33)(H,26,34)(H,27,29)(H,28,30)(H,31,32)/t17-/m0/s1. The van der Waals surface area contributed by atoms with E-state index in [1.807, 2.05) is 0 Å². The molecule has 0 spiro atoms. The zero-order chi connectivity index (χ0) is 27.8. The molecule has 36 heavy (non-hydrogen) atoms. The van der Waals surface area contributed by atoms with Crippen molar-refractivity contribution in [3.63, 3.8) is 0 Å². The van der Waals surface area contributed by atoms with Crippen molar-refractivity contribution < 1.29 is 38.6 Å². The van der Waals surface area contributed by atoms with Crippen LogP contribution < -0.4 is 21.3 Å². The third-order valence-corrected chi connectivity index (χ3v) is 4.42. The summed E-state index contributed by atoms with van der Waals surface area (Å²) in [7, 11) is 0. The number of carboxylic acid groups (broad SMARTS) is 1. The van der Waals surface area contributed by atoms with Crippen molar-refractivity contribution in [1.29, 1.82) is 0 Å². The summed E-state index contributed by atoms with van der Waals surface area (Å²) >= 11 is 0. The second-order valence-corrected chi connectivity index (χ2v) is 10.4. The van der Waals surface area contributed by atoms with Gasteiger partial charge in [0.1, 0.15) is 17.2 Å². The van der Waals surface area contributed by atoms with Gasteiger partial charge in [0.15, 0.2) is 0 Å². The number of alkyl carbamates (subject to hydrolysis) is 2. The summed E-state index contributed by atoms with van der Waals surface area (Å²) in [4.78, 5) is 58.5. The Morgan fingerprint density at radius 2 is 1.19 bits per heavy atom. The van der Waals surface area contributed by atoms with Crippen molar-refractivity contribution in [3.05, 3.63) is 0 Å². The molecule has 0 radical (unpaired) electrons. The van der Waals surface area contributed by atoms with Crippen LogP contribution >= 0.6 is 0 Å². The molecule has 0 aromatic rings. The Morgan fingerprint density at radius 1 is 0.694 bits per heavy atom. The average molecular weight is 517 g/mol. The topological polar surface area (TPSA) is 172 Å². The van der Waals surface area contributed by atoms with Crippen molar-refractivity contribution in [2.45, 2.75) is 104 Å². The summed E-state index contributed by atoms with van der Waals surface area (Å²) < 4.78 is 10.2. The molecule has 0 bridgehead atoms. The van der Waals surface area contributed by atoms with Crippen molar-refractivity contribution in [2.75, 3.05) is 19.6 Å². The molecule has 4 amide bonds. The number of rotatable bonds is 15. The van der Waals surface area contributed by atoms with Crippen LogP contribution in [-0.4, -0.2) is 72.0 Å². The number of ether oxygens (including phenoxy) is 2. The minimum absolute atomic E-state index is 0.183. The van der Waals surface area contributed by atoms with Gasteiger partial charge in [-0.15, -0.1) is 0 Å². The lowest BCUT2D eigenvalue weighted by Gasteiger charge is -2.19. The van der Waals surface area contributed by atoms with E-state index in [2.05, 4.69) is 21.3 Å². The molecule has 0 aliphatic rings. The van der Waals surface area contributed by atoms with E-state index < -0.39 is 41.3 Å². The first-order valence-electron chi connectivity index (χ1n) is 12.3. The molecule has 12 heteroatoms. The zero-order valence-corrected chi connectivity index (χ0v) is 22.5. The van der Waals surface area contributed by atoms with E-state index in [0.29, 0.717) is 45.2 Å². The minimum atomic E-state index is -1.17. The highest BCUT2D eigenvalue weighted by atomic mass is 16.6. The molecule has 0 saturated carbocycles. The predicted octanol–water partition coefficient (Wildman–Crippen LogP) is 2.45. The summed E-state index contributed by atoms with van der Waals surface area (Å²) in [5.74, 6) is -2.08. The Morgan fingerprint density at radius 3 is 1.67 bits per heavy atom. The lowest BCUT2D eigenvalue weighted by atomic mass is 10.1. The number of carbonyl (C=O) groups is 5. The predicted molar refractivity (Wildman–Crippen MR) is 133 cm³/mol. The maximum atomic E-state index is 12.0. The molecule has 0 aliphatic carbocycles. The van der Waals surface area contributed by atoms with Crippen LogP contribution in [0.25, 0.3) is 0 Å². The van der Waals surface area contributed by atoms with Gasteiger partial charge in [-0.2, -0.15) is 0 Å².